The molecule has 2 atom stereocenters. The average molecular weight is 397 g/mol. The molecular formula is C19H19N5O3S. The molecule has 2 aliphatic heterocycles. The van der Waals surface area contributed by atoms with E-state index in [2.05, 4.69) is 15.4 Å². The Balaban J connectivity index is 1.44. The number of aryl methyl sites for hydroxylation is 1. The summed E-state index contributed by atoms with van der Waals surface area (Å²) in [5, 5.41) is 9.35. The number of hydrogen-bond acceptors (Lipinski definition) is 6. The number of nitrogens with one attached hydrogen (secondary N) is 1. The van der Waals surface area contributed by atoms with Crippen LogP contribution in [0.4, 0.5) is 0 Å². The number of furan rings is 1. The maximum Gasteiger partial charge on any atom is 0.289 e. The molecule has 0 radical (unpaired) electrons. The SMILES string of the molecule is O=C(N[C@H]1c2ncnn2CC[C@]12CCN(C(=O)c1ccco1)C2)c1cccs1. The van der Waals surface area contributed by atoms with Gasteiger partial charge >= 0.3 is 0 Å². The highest BCUT2D eigenvalue weighted by Gasteiger charge is 2.51. The third-order valence-electron chi connectivity index (χ3n) is 5.76. The number of aromatic nitrogens is 3. The molecule has 0 aliphatic carbocycles. The molecule has 5 rings (SSSR count). The van der Waals surface area contributed by atoms with Crippen LogP contribution in [-0.4, -0.2) is 44.6 Å². The van der Waals surface area contributed by atoms with Crippen molar-refractivity contribution in [2.24, 2.45) is 5.41 Å². The predicted octanol–water partition coefficient (Wildman–Crippen LogP) is 2.34. The van der Waals surface area contributed by atoms with E-state index in [1.54, 1.807) is 12.1 Å². The third kappa shape index (κ3) is 2.73. The Morgan fingerprint density at radius 3 is 2.93 bits per heavy atom. The number of amides is 2. The Morgan fingerprint density at radius 2 is 2.14 bits per heavy atom. The topological polar surface area (TPSA) is 93.3 Å². The van der Waals surface area contributed by atoms with Gasteiger partial charge in [0, 0.05) is 25.0 Å². The third-order valence-corrected chi connectivity index (χ3v) is 6.63. The molecule has 0 saturated carbocycles. The molecule has 3 aromatic rings. The van der Waals surface area contributed by atoms with Crippen molar-refractivity contribution in [3.05, 3.63) is 58.7 Å². The minimum atomic E-state index is -0.298. The lowest BCUT2D eigenvalue weighted by atomic mass is 9.74. The zero-order chi connectivity index (χ0) is 19.1. The summed E-state index contributed by atoms with van der Waals surface area (Å²) in [6, 6.07) is 6.76. The van der Waals surface area contributed by atoms with Crippen LogP contribution in [0, 0.1) is 5.41 Å². The lowest BCUT2D eigenvalue weighted by Gasteiger charge is -2.40. The van der Waals surface area contributed by atoms with E-state index in [-0.39, 0.29) is 23.3 Å². The van der Waals surface area contributed by atoms with E-state index in [1.807, 2.05) is 27.1 Å². The highest BCUT2D eigenvalue weighted by molar-refractivity contribution is 7.12. The molecule has 0 bridgehead atoms. The van der Waals surface area contributed by atoms with Crippen molar-refractivity contribution in [2.45, 2.75) is 25.4 Å². The smallest absolute Gasteiger partial charge is 0.289 e. The summed E-state index contributed by atoms with van der Waals surface area (Å²) in [5.41, 5.74) is -0.266. The van der Waals surface area contributed by atoms with Gasteiger partial charge in [0.05, 0.1) is 17.2 Å². The molecule has 1 N–H and O–H groups in total. The molecule has 0 unspecified atom stereocenters. The average Bonchev–Trinajstić information content (AvgIpc) is 3.49. The second-order valence-electron chi connectivity index (χ2n) is 7.29. The van der Waals surface area contributed by atoms with Crippen molar-refractivity contribution in [3.8, 4) is 0 Å². The Labute approximate surface area is 165 Å². The van der Waals surface area contributed by atoms with E-state index < -0.39 is 0 Å². The number of likely N-dealkylation sites (tertiary alicyclic amines) is 1. The highest BCUT2D eigenvalue weighted by Crippen LogP contribution is 2.47. The predicted molar refractivity (Wildman–Crippen MR) is 101 cm³/mol. The lowest BCUT2D eigenvalue weighted by Crippen LogP contribution is -2.48. The number of carbonyl (C=O) groups excluding carboxylic acids is 2. The molecule has 5 heterocycles. The van der Waals surface area contributed by atoms with Gasteiger partial charge < -0.3 is 14.6 Å². The molecule has 1 spiro atoms. The molecule has 9 heteroatoms. The van der Waals surface area contributed by atoms with E-state index in [4.69, 9.17) is 4.42 Å². The Morgan fingerprint density at radius 1 is 1.25 bits per heavy atom. The van der Waals surface area contributed by atoms with Crippen LogP contribution in [0.1, 0.15) is 44.9 Å². The summed E-state index contributed by atoms with van der Waals surface area (Å²) < 4.78 is 7.13. The second kappa shape index (κ2) is 6.59. The minimum absolute atomic E-state index is 0.114. The normalized spacial score (nSPS) is 23.7. The fourth-order valence-electron chi connectivity index (χ4n) is 4.31. The van der Waals surface area contributed by atoms with Crippen LogP contribution in [0.2, 0.25) is 0 Å². The number of carbonyl (C=O) groups is 2. The van der Waals surface area contributed by atoms with Crippen molar-refractivity contribution < 1.29 is 14.0 Å². The van der Waals surface area contributed by atoms with E-state index in [0.29, 0.717) is 23.7 Å². The van der Waals surface area contributed by atoms with Crippen LogP contribution in [0.15, 0.2) is 46.7 Å². The first kappa shape index (κ1) is 17.2. The Hall–Kier alpha value is -2.94. The van der Waals surface area contributed by atoms with E-state index in [9.17, 15) is 9.59 Å². The lowest BCUT2D eigenvalue weighted by molar-refractivity contribution is 0.0678. The monoisotopic (exact) mass is 397 g/mol. The summed E-state index contributed by atoms with van der Waals surface area (Å²) in [7, 11) is 0. The van der Waals surface area contributed by atoms with Gasteiger partial charge in [0.1, 0.15) is 12.2 Å². The molecule has 3 aromatic heterocycles. The minimum Gasteiger partial charge on any atom is -0.459 e. The molecule has 144 valence electrons. The number of nitrogens with zero attached hydrogens (tertiary/aromatic N) is 4. The van der Waals surface area contributed by atoms with Crippen LogP contribution in [-0.2, 0) is 6.54 Å². The van der Waals surface area contributed by atoms with Gasteiger partial charge in [-0.15, -0.1) is 11.3 Å². The summed E-state index contributed by atoms with van der Waals surface area (Å²) in [6.07, 6.45) is 4.65. The molecule has 1 fully saturated rings. The van der Waals surface area contributed by atoms with Crippen LogP contribution >= 0.6 is 11.3 Å². The molecule has 0 aromatic carbocycles. The van der Waals surface area contributed by atoms with Gasteiger partial charge in [0.25, 0.3) is 11.8 Å². The largest absolute Gasteiger partial charge is 0.459 e. The summed E-state index contributed by atoms with van der Waals surface area (Å²) in [5.74, 6) is 0.863. The fraction of sp³-hybridized carbons (Fsp3) is 0.368. The first-order chi connectivity index (χ1) is 13.7. The number of fused-ring (bicyclic) bond motifs is 1. The second-order valence-corrected chi connectivity index (χ2v) is 8.24. The fourth-order valence-corrected chi connectivity index (χ4v) is 4.94. The molecule has 28 heavy (non-hydrogen) atoms. The summed E-state index contributed by atoms with van der Waals surface area (Å²) in [6.45, 7) is 1.90. The van der Waals surface area contributed by atoms with Crippen LogP contribution < -0.4 is 5.32 Å². The summed E-state index contributed by atoms with van der Waals surface area (Å²) >= 11 is 1.41. The molecule has 1 saturated heterocycles. The van der Waals surface area contributed by atoms with Crippen LogP contribution in [0.5, 0.6) is 0 Å². The van der Waals surface area contributed by atoms with E-state index >= 15 is 0 Å². The van der Waals surface area contributed by atoms with E-state index in [1.165, 1.54) is 23.9 Å². The van der Waals surface area contributed by atoms with Gasteiger partial charge in [-0.3, -0.25) is 9.59 Å². The van der Waals surface area contributed by atoms with Crippen LogP contribution in [0.3, 0.4) is 0 Å². The van der Waals surface area contributed by atoms with Crippen molar-refractivity contribution in [1.82, 2.24) is 25.0 Å². The standard InChI is InChI=1S/C19H19N5O3S/c25-17(14-4-2-10-28-14)22-15-16-20-12-21-24(16)8-6-19(15)5-7-23(11-19)18(26)13-3-1-9-27-13/h1-4,9-10,12,15H,5-8,11H2,(H,22,25)/t15-,19-/m0/s1. The van der Waals surface area contributed by atoms with Crippen molar-refractivity contribution >= 4 is 23.2 Å². The highest BCUT2D eigenvalue weighted by atomic mass is 32.1. The summed E-state index contributed by atoms with van der Waals surface area (Å²) in [4.78, 5) is 32.5. The first-order valence-electron chi connectivity index (χ1n) is 9.21. The first-order valence-corrected chi connectivity index (χ1v) is 10.1. The molecule has 2 amide bonds. The van der Waals surface area contributed by atoms with Crippen molar-refractivity contribution in [1.29, 1.82) is 0 Å². The maximum atomic E-state index is 12.8. The van der Waals surface area contributed by atoms with E-state index in [0.717, 1.165) is 25.2 Å². The molecule has 8 nitrogen and oxygen atoms in total. The molecule has 2 aliphatic rings. The van der Waals surface area contributed by atoms with Gasteiger partial charge in [-0.1, -0.05) is 6.07 Å². The molecular weight excluding hydrogens is 378 g/mol. The quantitative estimate of drug-likeness (QED) is 0.732. The van der Waals surface area contributed by atoms with Gasteiger partial charge in [-0.05, 0) is 36.4 Å². The number of hydrogen-bond donors (Lipinski definition) is 1. The van der Waals surface area contributed by atoms with Gasteiger partial charge in [-0.25, -0.2) is 9.67 Å². The zero-order valence-electron chi connectivity index (χ0n) is 15.1. The zero-order valence-corrected chi connectivity index (χ0v) is 15.9. The van der Waals surface area contributed by atoms with Gasteiger partial charge in [-0.2, -0.15) is 5.10 Å². The van der Waals surface area contributed by atoms with Gasteiger partial charge in [0.2, 0.25) is 0 Å². The number of rotatable bonds is 3. The van der Waals surface area contributed by atoms with Crippen molar-refractivity contribution in [2.75, 3.05) is 13.1 Å². The van der Waals surface area contributed by atoms with Gasteiger partial charge in [0.15, 0.2) is 5.76 Å². The number of thiophene rings is 1. The Bertz CT molecular complexity index is 997. The van der Waals surface area contributed by atoms with Crippen LogP contribution in [0.25, 0.3) is 0 Å². The Kier molecular flexibility index (Phi) is 4.04. The van der Waals surface area contributed by atoms with Crippen molar-refractivity contribution in [3.63, 3.8) is 0 Å². The maximum absolute atomic E-state index is 12.8.